The number of guanidine groups is 1. The summed E-state index contributed by atoms with van der Waals surface area (Å²) in [6.07, 6.45) is 1.23. The van der Waals surface area contributed by atoms with Crippen LogP contribution in [0.15, 0.2) is 29.3 Å². The van der Waals surface area contributed by atoms with Crippen molar-refractivity contribution in [1.29, 1.82) is 0 Å². The van der Waals surface area contributed by atoms with E-state index >= 15 is 0 Å². The van der Waals surface area contributed by atoms with Crippen molar-refractivity contribution < 1.29 is 9.47 Å². The van der Waals surface area contributed by atoms with Crippen LogP contribution < -0.4 is 10.6 Å². The summed E-state index contributed by atoms with van der Waals surface area (Å²) in [6, 6.07) is 8.92. The molecule has 0 spiro atoms. The van der Waals surface area contributed by atoms with Gasteiger partial charge in [0.1, 0.15) is 0 Å². The summed E-state index contributed by atoms with van der Waals surface area (Å²) in [6.45, 7) is 14.5. The van der Waals surface area contributed by atoms with E-state index in [9.17, 15) is 0 Å². The third-order valence-corrected chi connectivity index (χ3v) is 4.44. The lowest BCUT2D eigenvalue weighted by Gasteiger charge is -2.20. The monoisotopic (exact) mass is 489 g/mol. The Bertz CT molecular complexity index is 564. The van der Waals surface area contributed by atoms with Gasteiger partial charge in [0.05, 0.1) is 25.9 Å². The van der Waals surface area contributed by atoms with E-state index in [4.69, 9.17) is 14.5 Å². The molecule has 27 heavy (non-hydrogen) atoms. The Morgan fingerprint density at radius 1 is 1.30 bits per heavy atom. The topological polar surface area (TPSA) is 54.9 Å². The van der Waals surface area contributed by atoms with Gasteiger partial charge < -0.3 is 20.1 Å². The normalized spacial score (nSPS) is 18.7. The molecule has 1 saturated heterocycles. The maximum absolute atomic E-state index is 5.88. The minimum absolute atomic E-state index is 0. The molecule has 1 heterocycles. The van der Waals surface area contributed by atoms with Gasteiger partial charge in [-0.2, -0.15) is 0 Å². The quantitative estimate of drug-likeness (QED) is 0.347. The summed E-state index contributed by atoms with van der Waals surface area (Å²) in [5.41, 5.74) is 2.73. The number of nitrogens with zero attached hydrogens (tertiary/aromatic N) is 1. The third-order valence-electron chi connectivity index (χ3n) is 4.44. The standard InChI is InChI=1S/C21H35N3O2.HI/c1-6-22-20(24-16(2)14-26-19-11-12-25-15-19)23-13-17-7-9-18(10-8-17)21(3,4)5;/h7-10,16,19H,6,11-15H2,1-5H3,(H2,22,23,24);1H. The van der Waals surface area contributed by atoms with E-state index in [-0.39, 0.29) is 41.5 Å². The molecule has 0 amide bonds. The molecule has 2 unspecified atom stereocenters. The Labute approximate surface area is 181 Å². The van der Waals surface area contributed by atoms with E-state index in [0.29, 0.717) is 19.8 Å². The summed E-state index contributed by atoms with van der Waals surface area (Å²) in [5.74, 6) is 0.825. The fourth-order valence-corrected chi connectivity index (χ4v) is 2.80. The molecule has 1 aromatic rings. The molecule has 5 nitrogen and oxygen atoms in total. The zero-order valence-corrected chi connectivity index (χ0v) is 19.7. The Hall–Kier alpha value is -0.860. The fourth-order valence-electron chi connectivity index (χ4n) is 2.80. The molecule has 0 aliphatic carbocycles. The van der Waals surface area contributed by atoms with Crippen LogP contribution in [0.3, 0.4) is 0 Å². The van der Waals surface area contributed by atoms with E-state index in [1.165, 1.54) is 11.1 Å². The molecule has 2 atom stereocenters. The molecular formula is C21H36IN3O2. The number of benzene rings is 1. The van der Waals surface area contributed by atoms with Crippen molar-refractivity contribution in [1.82, 2.24) is 10.6 Å². The first-order valence-electron chi connectivity index (χ1n) is 9.72. The number of aliphatic imine (C=N–C) groups is 1. The van der Waals surface area contributed by atoms with E-state index in [0.717, 1.165) is 25.5 Å². The number of rotatable bonds is 7. The largest absolute Gasteiger partial charge is 0.379 e. The average Bonchev–Trinajstić information content (AvgIpc) is 3.11. The zero-order chi connectivity index (χ0) is 19.0. The first-order chi connectivity index (χ1) is 12.4. The van der Waals surface area contributed by atoms with E-state index in [2.05, 4.69) is 69.5 Å². The first kappa shape index (κ1) is 24.2. The summed E-state index contributed by atoms with van der Waals surface area (Å²) in [7, 11) is 0. The van der Waals surface area contributed by atoms with Crippen molar-refractivity contribution in [2.24, 2.45) is 4.99 Å². The van der Waals surface area contributed by atoms with Crippen LogP contribution >= 0.6 is 24.0 Å². The highest BCUT2D eigenvalue weighted by atomic mass is 127. The van der Waals surface area contributed by atoms with Crippen molar-refractivity contribution >= 4 is 29.9 Å². The highest BCUT2D eigenvalue weighted by Crippen LogP contribution is 2.22. The summed E-state index contributed by atoms with van der Waals surface area (Å²) < 4.78 is 11.2. The van der Waals surface area contributed by atoms with Crippen LogP contribution in [0.1, 0.15) is 52.2 Å². The molecule has 1 fully saturated rings. The van der Waals surface area contributed by atoms with Gasteiger partial charge in [-0.15, -0.1) is 24.0 Å². The Morgan fingerprint density at radius 3 is 2.56 bits per heavy atom. The van der Waals surface area contributed by atoms with Crippen molar-refractivity contribution in [2.45, 2.75) is 65.1 Å². The average molecular weight is 489 g/mol. The van der Waals surface area contributed by atoms with E-state index < -0.39 is 0 Å². The van der Waals surface area contributed by atoms with Crippen molar-refractivity contribution in [3.63, 3.8) is 0 Å². The molecule has 154 valence electrons. The number of hydrogen-bond acceptors (Lipinski definition) is 3. The molecule has 1 aromatic carbocycles. The van der Waals surface area contributed by atoms with Gasteiger partial charge in [0.2, 0.25) is 0 Å². The first-order valence-corrected chi connectivity index (χ1v) is 9.72. The number of nitrogens with one attached hydrogen (secondary N) is 2. The highest BCUT2D eigenvalue weighted by Gasteiger charge is 2.17. The number of ether oxygens (including phenoxy) is 2. The van der Waals surface area contributed by atoms with Crippen LogP contribution in [0.2, 0.25) is 0 Å². The van der Waals surface area contributed by atoms with E-state index in [1.807, 2.05) is 0 Å². The maximum Gasteiger partial charge on any atom is 0.191 e. The number of halogens is 1. The molecule has 1 aliphatic rings. The molecule has 6 heteroatoms. The van der Waals surface area contributed by atoms with Crippen LogP contribution in [0.4, 0.5) is 0 Å². The second kappa shape index (κ2) is 11.9. The van der Waals surface area contributed by atoms with Crippen LogP contribution in [-0.4, -0.2) is 44.5 Å². The SMILES string of the molecule is CCNC(=NCc1ccc(C(C)(C)C)cc1)NC(C)COC1CCOC1.I. The fraction of sp³-hybridized carbons (Fsp3) is 0.667. The Morgan fingerprint density at radius 2 is 2.00 bits per heavy atom. The van der Waals surface area contributed by atoms with E-state index in [1.54, 1.807) is 0 Å². The third kappa shape index (κ3) is 8.79. The van der Waals surface area contributed by atoms with Crippen molar-refractivity contribution in [3.05, 3.63) is 35.4 Å². The molecule has 2 rings (SSSR count). The lowest BCUT2D eigenvalue weighted by molar-refractivity contribution is 0.0347. The van der Waals surface area contributed by atoms with Gasteiger partial charge >= 0.3 is 0 Å². The van der Waals surface area contributed by atoms with Crippen LogP contribution in [-0.2, 0) is 21.4 Å². The van der Waals surface area contributed by atoms with Gasteiger partial charge in [0, 0.05) is 19.2 Å². The van der Waals surface area contributed by atoms with Gasteiger partial charge in [-0.05, 0) is 36.8 Å². The van der Waals surface area contributed by atoms with Crippen molar-refractivity contribution in [2.75, 3.05) is 26.4 Å². The summed E-state index contributed by atoms with van der Waals surface area (Å²) >= 11 is 0. The molecule has 0 saturated carbocycles. The second-order valence-electron chi connectivity index (χ2n) is 8.01. The smallest absolute Gasteiger partial charge is 0.191 e. The predicted molar refractivity (Wildman–Crippen MR) is 123 cm³/mol. The van der Waals surface area contributed by atoms with Gasteiger partial charge in [0.15, 0.2) is 5.96 Å². The maximum atomic E-state index is 5.88. The molecule has 2 N–H and O–H groups in total. The lowest BCUT2D eigenvalue weighted by Crippen LogP contribution is -2.44. The van der Waals surface area contributed by atoms with Gasteiger partial charge in [0.25, 0.3) is 0 Å². The Kier molecular flexibility index (Phi) is 10.6. The molecule has 0 aromatic heterocycles. The molecular weight excluding hydrogens is 453 g/mol. The van der Waals surface area contributed by atoms with Gasteiger partial charge in [-0.3, -0.25) is 0 Å². The lowest BCUT2D eigenvalue weighted by atomic mass is 9.87. The number of hydrogen-bond donors (Lipinski definition) is 2. The Balaban J connectivity index is 0.00000364. The summed E-state index contributed by atoms with van der Waals surface area (Å²) in [4.78, 5) is 4.71. The zero-order valence-electron chi connectivity index (χ0n) is 17.4. The second-order valence-corrected chi connectivity index (χ2v) is 8.01. The minimum atomic E-state index is 0. The summed E-state index contributed by atoms with van der Waals surface area (Å²) in [5, 5.41) is 6.73. The van der Waals surface area contributed by atoms with Crippen molar-refractivity contribution in [3.8, 4) is 0 Å². The van der Waals surface area contributed by atoms with Crippen LogP contribution in [0.25, 0.3) is 0 Å². The van der Waals surface area contributed by atoms with Crippen LogP contribution in [0, 0.1) is 0 Å². The van der Waals surface area contributed by atoms with Crippen LogP contribution in [0.5, 0.6) is 0 Å². The minimum Gasteiger partial charge on any atom is -0.379 e. The highest BCUT2D eigenvalue weighted by molar-refractivity contribution is 14.0. The van der Waals surface area contributed by atoms with Gasteiger partial charge in [-0.25, -0.2) is 4.99 Å². The molecule has 0 bridgehead atoms. The molecule has 1 aliphatic heterocycles. The molecule has 0 radical (unpaired) electrons. The van der Waals surface area contributed by atoms with Gasteiger partial charge in [-0.1, -0.05) is 45.0 Å². The predicted octanol–water partition coefficient (Wildman–Crippen LogP) is 3.85.